The number of allylic oxidation sites excluding steroid dienone is 2. The molecule has 1 N–H and O–H groups in total. The number of terminal acetylenes is 1. The molecule has 5 heteroatoms. The molecule has 0 saturated heterocycles. The van der Waals surface area contributed by atoms with Crippen LogP contribution in [0.1, 0.15) is 11.1 Å². The smallest absolute Gasteiger partial charge is 0.225 e. The number of carbonyl (C=O) groups is 1. The number of halogens is 1. The molecule has 1 unspecified atom stereocenters. The van der Waals surface area contributed by atoms with Crippen molar-refractivity contribution in [3.05, 3.63) is 40.7 Å². The molecule has 0 saturated carbocycles. The molecule has 0 spiro atoms. The van der Waals surface area contributed by atoms with E-state index in [4.69, 9.17) is 18.0 Å². The van der Waals surface area contributed by atoms with Gasteiger partial charge in [0.1, 0.15) is 11.8 Å². The Bertz CT molecular complexity index is 602. The Morgan fingerprint density at radius 2 is 2.40 bits per heavy atom. The summed E-state index contributed by atoms with van der Waals surface area (Å²) in [6.07, 6.45) is 12.9. The first-order valence-corrected chi connectivity index (χ1v) is 6.60. The van der Waals surface area contributed by atoms with E-state index >= 15 is 0 Å². The average Bonchev–Trinajstić information content (AvgIpc) is 2.85. The molecule has 0 aromatic carbocycles. The van der Waals surface area contributed by atoms with E-state index in [0.29, 0.717) is 18.0 Å². The van der Waals surface area contributed by atoms with Crippen molar-refractivity contribution in [2.45, 2.75) is 12.8 Å². The topological polar surface area (TPSA) is 54.4 Å². The number of rotatable bonds is 4. The monoisotopic (exact) mass is 287 g/mol. The Morgan fingerprint density at radius 1 is 1.60 bits per heavy atom. The predicted molar refractivity (Wildman–Crippen MR) is 79.6 cm³/mol. The number of carbonyl (C=O) groups excluding carboxylic acids is 1. The minimum Gasteiger partial charge on any atom is -0.337 e. The van der Waals surface area contributed by atoms with Gasteiger partial charge in [0.25, 0.3) is 0 Å². The SMILES string of the molecule is C#C/C=C\C=N/CNC(=O)C1Cc2cnc(Cl)cc2C1. The standard InChI is InChI=1S/C15H14ClN3O/c1-2-3-4-5-17-10-19-15(20)12-6-11-8-14(16)18-9-13(11)7-12/h1,3-5,8-9,12H,6-7,10H2,(H,19,20)/b4-3-,17-5-. The zero-order valence-corrected chi connectivity index (χ0v) is 11.6. The van der Waals surface area contributed by atoms with Crippen LogP contribution < -0.4 is 5.32 Å². The van der Waals surface area contributed by atoms with Crippen LogP contribution in [0.25, 0.3) is 0 Å². The van der Waals surface area contributed by atoms with Crippen molar-refractivity contribution in [1.82, 2.24) is 10.3 Å². The second-order valence-electron chi connectivity index (χ2n) is 4.44. The van der Waals surface area contributed by atoms with Crippen molar-refractivity contribution < 1.29 is 4.79 Å². The van der Waals surface area contributed by atoms with Gasteiger partial charge in [-0.1, -0.05) is 17.5 Å². The van der Waals surface area contributed by atoms with E-state index in [-0.39, 0.29) is 18.5 Å². The van der Waals surface area contributed by atoms with Crippen LogP contribution in [-0.4, -0.2) is 23.8 Å². The first kappa shape index (κ1) is 14.3. The van der Waals surface area contributed by atoms with Crippen LogP contribution in [0.5, 0.6) is 0 Å². The Hall–Kier alpha value is -2.12. The molecule has 1 heterocycles. The van der Waals surface area contributed by atoms with Crippen molar-refractivity contribution in [3.63, 3.8) is 0 Å². The normalized spacial score (nSPS) is 17.3. The molecule has 2 rings (SSSR count). The quantitative estimate of drug-likeness (QED) is 0.521. The molecule has 0 bridgehead atoms. The van der Waals surface area contributed by atoms with E-state index in [1.165, 1.54) is 6.08 Å². The number of nitrogens with zero attached hydrogens (tertiary/aromatic N) is 2. The van der Waals surface area contributed by atoms with Crippen molar-refractivity contribution in [3.8, 4) is 12.3 Å². The van der Waals surface area contributed by atoms with Crippen LogP contribution in [0.3, 0.4) is 0 Å². The molecular weight excluding hydrogens is 274 g/mol. The van der Waals surface area contributed by atoms with Gasteiger partial charge >= 0.3 is 0 Å². The molecule has 1 aromatic heterocycles. The molecule has 0 aliphatic heterocycles. The van der Waals surface area contributed by atoms with Gasteiger partial charge in [-0.05, 0) is 42.2 Å². The number of nitrogens with one attached hydrogen (secondary N) is 1. The Morgan fingerprint density at radius 3 is 3.20 bits per heavy atom. The number of aromatic nitrogens is 1. The number of hydrogen-bond donors (Lipinski definition) is 1. The molecule has 4 nitrogen and oxygen atoms in total. The van der Waals surface area contributed by atoms with E-state index in [1.54, 1.807) is 18.5 Å². The first-order valence-electron chi connectivity index (χ1n) is 6.23. The van der Waals surface area contributed by atoms with Crippen LogP contribution in [0.2, 0.25) is 5.15 Å². The average molecular weight is 288 g/mol. The largest absolute Gasteiger partial charge is 0.337 e. The van der Waals surface area contributed by atoms with Gasteiger partial charge in [0.15, 0.2) is 0 Å². The lowest BCUT2D eigenvalue weighted by Gasteiger charge is -2.07. The van der Waals surface area contributed by atoms with Crippen LogP contribution in [0, 0.1) is 18.3 Å². The van der Waals surface area contributed by atoms with E-state index in [1.807, 2.05) is 6.07 Å². The molecule has 1 aliphatic carbocycles. The summed E-state index contributed by atoms with van der Waals surface area (Å²) in [6.45, 7) is 0.250. The maximum absolute atomic E-state index is 12.0. The lowest BCUT2D eigenvalue weighted by atomic mass is 10.1. The number of hydrogen-bond acceptors (Lipinski definition) is 3. The molecule has 20 heavy (non-hydrogen) atoms. The highest BCUT2D eigenvalue weighted by Crippen LogP contribution is 2.27. The predicted octanol–water partition coefficient (Wildman–Crippen LogP) is 1.78. The highest BCUT2D eigenvalue weighted by Gasteiger charge is 2.27. The van der Waals surface area contributed by atoms with E-state index < -0.39 is 0 Å². The lowest BCUT2D eigenvalue weighted by molar-refractivity contribution is -0.124. The summed E-state index contributed by atoms with van der Waals surface area (Å²) in [5.41, 5.74) is 2.20. The third kappa shape index (κ3) is 3.69. The maximum atomic E-state index is 12.0. The Labute approximate surface area is 123 Å². The van der Waals surface area contributed by atoms with Gasteiger partial charge < -0.3 is 5.32 Å². The third-order valence-electron chi connectivity index (χ3n) is 3.08. The fourth-order valence-corrected chi connectivity index (χ4v) is 2.32. The van der Waals surface area contributed by atoms with Crippen LogP contribution in [0.4, 0.5) is 0 Å². The summed E-state index contributed by atoms with van der Waals surface area (Å²) in [5, 5.41) is 3.24. The van der Waals surface area contributed by atoms with Crippen molar-refractivity contribution in [2.24, 2.45) is 10.9 Å². The number of amides is 1. The van der Waals surface area contributed by atoms with Crippen molar-refractivity contribution in [2.75, 3.05) is 6.67 Å². The zero-order chi connectivity index (χ0) is 14.4. The zero-order valence-electron chi connectivity index (χ0n) is 10.8. The number of aliphatic imine (C=N–C) groups is 1. The Kier molecular flexibility index (Phi) is 4.91. The molecule has 1 amide bonds. The summed E-state index contributed by atoms with van der Waals surface area (Å²) in [4.78, 5) is 20.0. The van der Waals surface area contributed by atoms with Gasteiger partial charge in [0.05, 0.1) is 0 Å². The van der Waals surface area contributed by atoms with Gasteiger partial charge in [-0.2, -0.15) is 0 Å². The molecule has 0 radical (unpaired) electrons. The lowest BCUT2D eigenvalue weighted by Crippen LogP contribution is -2.31. The van der Waals surface area contributed by atoms with E-state index in [9.17, 15) is 4.79 Å². The summed E-state index contributed by atoms with van der Waals surface area (Å²) < 4.78 is 0. The Balaban J connectivity index is 1.83. The van der Waals surface area contributed by atoms with Gasteiger partial charge in [-0.3, -0.25) is 9.79 Å². The summed E-state index contributed by atoms with van der Waals surface area (Å²) in [6, 6.07) is 1.83. The highest BCUT2D eigenvalue weighted by molar-refractivity contribution is 6.29. The second-order valence-corrected chi connectivity index (χ2v) is 4.82. The number of fused-ring (bicyclic) bond motifs is 1. The highest BCUT2D eigenvalue weighted by atomic mass is 35.5. The molecule has 1 aliphatic rings. The minimum absolute atomic E-state index is 0.00426. The van der Waals surface area contributed by atoms with Crippen LogP contribution in [0.15, 0.2) is 29.4 Å². The fourth-order valence-electron chi connectivity index (χ4n) is 2.14. The fraction of sp³-hybridized carbons (Fsp3) is 0.267. The van der Waals surface area contributed by atoms with Gasteiger partial charge in [0, 0.05) is 18.3 Å². The summed E-state index contributed by atoms with van der Waals surface area (Å²) in [5.74, 6) is 2.28. The van der Waals surface area contributed by atoms with Crippen molar-refractivity contribution in [1.29, 1.82) is 0 Å². The van der Waals surface area contributed by atoms with E-state index in [0.717, 1.165) is 11.1 Å². The van der Waals surface area contributed by atoms with Crippen LogP contribution >= 0.6 is 11.6 Å². The molecule has 102 valence electrons. The summed E-state index contributed by atoms with van der Waals surface area (Å²) in [7, 11) is 0. The second kappa shape index (κ2) is 6.88. The van der Waals surface area contributed by atoms with Crippen molar-refractivity contribution >= 4 is 23.7 Å². The van der Waals surface area contributed by atoms with Gasteiger partial charge in [-0.15, -0.1) is 6.42 Å². The van der Waals surface area contributed by atoms with Crippen LogP contribution in [-0.2, 0) is 17.6 Å². The summed E-state index contributed by atoms with van der Waals surface area (Å²) >= 11 is 5.84. The molecule has 1 atom stereocenters. The first-order chi connectivity index (χ1) is 9.70. The third-order valence-corrected chi connectivity index (χ3v) is 3.29. The maximum Gasteiger partial charge on any atom is 0.225 e. The molecule has 1 aromatic rings. The number of pyridine rings is 1. The van der Waals surface area contributed by atoms with Gasteiger partial charge in [0.2, 0.25) is 5.91 Å². The molecular formula is C15H14ClN3O. The molecule has 0 fully saturated rings. The van der Waals surface area contributed by atoms with E-state index in [2.05, 4.69) is 21.2 Å². The minimum atomic E-state index is -0.0679. The van der Waals surface area contributed by atoms with Gasteiger partial charge in [-0.25, -0.2) is 4.98 Å².